The molecule has 3 N–H and O–H groups in total. The Balaban J connectivity index is 1.27. The van der Waals surface area contributed by atoms with E-state index in [0.29, 0.717) is 30.0 Å². The Kier molecular flexibility index (Phi) is 9.87. The van der Waals surface area contributed by atoms with Crippen LogP contribution in [-0.4, -0.2) is 99.5 Å². The first-order valence-corrected chi connectivity index (χ1v) is 19.3. The highest BCUT2D eigenvalue weighted by Crippen LogP contribution is 2.46. The minimum atomic E-state index is -3.90. The second kappa shape index (κ2) is 13.8. The predicted molar refractivity (Wildman–Crippen MR) is 188 cm³/mol. The lowest BCUT2D eigenvalue weighted by molar-refractivity contribution is -0.143. The third-order valence-electron chi connectivity index (χ3n) is 10.6. The quantitative estimate of drug-likeness (QED) is 0.270. The Hall–Kier alpha value is -4.54. The van der Waals surface area contributed by atoms with Crippen molar-refractivity contribution in [3.63, 3.8) is 0 Å². The Morgan fingerprint density at radius 2 is 1.77 bits per heavy atom. The molecule has 3 saturated carbocycles. The van der Waals surface area contributed by atoms with Crippen molar-refractivity contribution in [1.82, 2.24) is 40.5 Å². The van der Waals surface area contributed by atoms with Crippen molar-refractivity contribution in [2.24, 2.45) is 11.3 Å². The zero-order valence-corrected chi connectivity index (χ0v) is 31.1. The Labute approximate surface area is 303 Å². The van der Waals surface area contributed by atoms with Crippen LogP contribution in [0.4, 0.5) is 4.79 Å². The summed E-state index contributed by atoms with van der Waals surface area (Å²) >= 11 is 0. The van der Waals surface area contributed by atoms with Gasteiger partial charge in [-0.15, -0.1) is 16.8 Å². The second-order valence-electron chi connectivity index (χ2n) is 15.7. The normalized spacial score (nSPS) is 25.9. The lowest BCUT2D eigenvalue weighted by atomic mass is 9.85. The van der Waals surface area contributed by atoms with E-state index in [1.165, 1.54) is 15.8 Å². The molecule has 6 rings (SSSR count). The molecule has 17 heteroatoms. The Morgan fingerprint density at radius 3 is 2.35 bits per heavy atom. The molecule has 1 aliphatic heterocycles. The van der Waals surface area contributed by atoms with Crippen LogP contribution in [0.15, 0.2) is 36.9 Å². The van der Waals surface area contributed by atoms with E-state index in [-0.39, 0.29) is 19.4 Å². The van der Waals surface area contributed by atoms with E-state index in [4.69, 9.17) is 9.47 Å². The summed E-state index contributed by atoms with van der Waals surface area (Å²) in [5.74, 6) is -1.58. The average molecular weight is 741 g/mol. The molecule has 4 amide bonds. The summed E-state index contributed by atoms with van der Waals surface area (Å²) < 4.78 is 38.6. The van der Waals surface area contributed by atoms with Crippen LogP contribution in [0.25, 0.3) is 11.4 Å². The number of nitrogens with zero attached hydrogens (tertiary/aromatic N) is 5. The van der Waals surface area contributed by atoms with Crippen LogP contribution in [0, 0.1) is 11.3 Å². The molecule has 2 heterocycles. The number of rotatable bonds is 12. The standard InChI is InChI=1S/C35H48N8O8S/c1-7-22-19-35(22,31(46)40-52(48,49)25-14-15-25)37-29(44)26-18-23(43-39-28(38-41-43)21-10-12-24(50-6)13-11-21)20-42(26)30(45)27(33(2,3)4)36-32(47)51-34(5)16-8-9-17-34/h7,10-13,22-23,25-27H,1,8-9,14-20H2,2-6H3,(H,36,47)(H,37,44)(H,40,46)/t22-,23-,26+,27-,35-/m1/s1. The number of alkyl carbamates (subject to hydrolysis) is 1. The molecule has 4 aliphatic rings. The molecule has 52 heavy (non-hydrogen) atoms. The van der Waals surface area contributed by atoms with Gasteiger partial charge in [-0.25, -0.2) is 13.2 Å². The lowest BCUT2D eigenvalue weighted by Gasteiger charge is -2.36. The first kappa shape index (κ1) is 37.2. The minimum absolute atomic E-state index is 0.0174. The topological polar surface area (TPSA) is 204 Å². The van der Waals surface area contributed by atoms with Crippen molar-refractivity contribution in [2.75, 3.05) is 13.7 Å². The summed E-state index contributed by atoms with van der Waals surface area (Å²) in [6.07, 6.45) is 5.19. The van der Waals surface area contributed by atoms with Gasteiger partial charge in [0.2, 0.25) is 27.7 Å². The third kappa shape index (κ3) is 7.64. The monoisotopic (exact) mass is 740 g/mol. The average Bonchev–Trinajstić information content (AvgIpc) is 3.89. The van der Waals surface area contributed by atoms with Crippen LogP contribution < -0.4 is 20.1 Å². The number of amides is 4. The number of likely N-dealkylation sites (tertiary alicyclic amines) is 1. The number of hydrogen-bond donors (Lipinski definition) is 3. The van der Waals surface area contributed by atoms with Gasteiger partial charge in [0.25, 0.3) is 5.91 Å². The molecule has 0 bridgehead atoms. The van der Waals surface area contributed by atoms with Gasteiger partial charge in [-0.3, -0.25) is 19.1 Å². The van der Waals surface area contributed by atoms with E-state index < -0.39 is 79.7 Å². The first-order chi connectivity index (χ1) is 24.5. The molecule has 3 aliphatic carbocycles. The van der Waals surface area contributed by atoms with Gasteiger partial charge in [-0.2, -0.15) is 4.80 Å². The highest BCUT2D eigenvalue weighted by Gasteiger charge is 2.62. The molecule has 5 atom stereocenters. The molecular formula is C35H48N8O8S. The second-order valence-corrected chi connectivity index (χ2v) is 17.7. The number of hydrogen-bond acceptors (Lipinski definition) is 11. The van der Waals surface area contributed by atoms with Crippen molar-refractivity contribution < 1.29 is 37.1 Å². The van der Waals surface area contributed by atoms with Crippen molar-refractivity contribution in [1.29, 1.82) is 0 Å². The highest BCUT2D eigenvalue weighted by molar-refractivity contribution is 7.91. The highest BCUT2D eigenvalue weighted by atomic mass is 32.2. The number of sulfonamides is 1. The Morgan fingerprint density at radius 1 is 1.10 bits per heavy atom. The van der Waals surface area contributed by atoms with Crippen molar-refractivity contribution in [3.05, 3.63) is 36.9 Å². The predicted octanol–water partition coefficient (Wildman–Crippen LogP) is 2.63. The van der Waals surface area contributed by atoms with Gasteiger partial charge in [0.15, 0.2) is 0 Å². The molecule has 0 radical (unpaired) electrons. The molecular weight excluding hydrogens is 693 g/mol. The first-order valence-electron chi connectivity index (χ1n) is 17.7. The third-order valence-corrected chi connectivity index (χ3v) is 12.4. The minimum Gasteiger partial charge on any atom is -0.497 e. The van der Waals surface area contributed by atoms with Gasteiger partial charge in [0, 0.05) is 24.4 Å². The molecule has 1 saturated heterocycles. The SMILES string of the molecule is C=C[C@@H]1C[C@]1(NC(=O)[C@@H]1C[C@@H](n2nnc(-c3ccc(OC)cc3)n2)CN1C(=O)[C@@H](NC(=O)OC1(C)CCCC1)C(C)(C)C)C(=O)NS(=O)(=O)C1CC1. The largest absolute Gasteiger partial charge is 0.497 e. The number of carbonyl (C=O) groups is 4. The summed E-state index contributed by atoms with van der Waals surface area (Å²) in [5, 5.41) is 18.0. The zero-order chi connectivity index (χ0) is 37.6. The zero-order valence-electron chi connectivity index (χ0n) is 30.3. The molecule has 282 valence electrons. The molecule has 0 unspecified atom stereocenters. The molecule has 0 spiro atoms. The van der Waals surface area contributed by atoms with Gasteiger partial charge in [0.05, 0.1) is 18.4 Å². The summed E-state index contributed by atoms with van der Waals surface area (Å²) in [6.45, 7) is 11.0. The maximum Gasteiger partial charge on any atom is 0.408 e. The van der Waals surface area contributed by atoms with Crippen LogP contribution in [-0.2, 0) is 29.1 Å². The van der Waals surface area contributed by atoms with Crippen LogP contribution in [0.2, 0.25) is 0 Å². The summed E-state index contributed by atoms with van der Waals surface area (Å²) in [5.41, 5.74) is -2.31. The molecule has 1 aromatic carbocycles. The number of carbonyl (C=O) groups excluding carboxylic acids is 4. The van der Waals surface area contributed by atoms with E-state index in [0.717, 1.165) is 25.7 Å². The Bertz CT molecular complexity index is 1830. The molecule has 2 aromatic rings. The van der Waals surface area contributed by atoms with Gasteiger partial charge < -0.3 is 25.0 Å². The van der Waals surface area contributed by atoms with E-state index in [9.17, 15) is 27.6 Å². The van der Waals surface area contributed by atoms with E-state index in [1.54, 1.807) is 52.1 Å². The summed E-state index contributed by atoms with van der Waals surface area (Å²) in [4.78, 5) is 58.2. The van der Waals surface area contributed by atoms with E-state index in [2.05, 4.69) is 37.3 Å². The van der Waals surface area contributed by atoms with E-state index >= 15 is 0 Å². The molecule has 16 nitrogen and oxygen atoms in total. The number of aromatic nitrogens is 4. The maximum atomic E-state index is 14.6. The molecule has 4 fully saturated rings. The number of methoxy groups -OCH3 is 1. The summed E-state index contributed by atoms with van der Waals surface area (Å²) in [6, 6.07) is 4.25. The van der Waals surface area contributed by atoms with Gasteiger partial charge >= 0.3 is 6.09 Å². The maximum absolute atomic E-state index is 14.6. The van der Waals surface area contributed by atoms with Crippen LogP contribution in [0.1, 0.15) is 85.1 Å². The number of tetrazole rings is 1. The number of benzene rings is 1. The van der Waals surface area contributed by atoms with Gasteiger partial charge in [-0.1, -0.05) is 26.8 Å². The van der Waals surface area contributed by atoms with Crippen molar-refractivity contribution in [2.45, 2.75) is 114 Å². The van der Waals surface area contributed by atoms with Crippen molar-refractivity contribution in [3.8, 4) is 17.1 Å². The number of nitrogens with one attached hydrogen (secondary N) is 3. The van der Waals surface area contributed by atoms with E-state index in [1.807, 2.05) is 6.92 Å². The number of ether oxygens (including phenoxy) is 2. The smallest absolute Gasteiger partial charge is 0.408 e. The van der Waals surface area contributed by atoms with Crippen LogP contribution in [0.5, 0.6) is 5.75 Å². The van der Waals surface area contributed by atoms with Gasteiger partial charge in [-0.05, 0) is 86.8 Å². The fraction of sp³-hybridized carbons (Fsp3) is 0.629. The lowest BCUT2D eigenvalue weighted by Crippen LogP contribution is -2.60. The summed E-state index contributed by atoms with van der Waals surface area (Å²) in [7, 11) is -2.34. The van der Waals surface area contributed by atoms with Crippen LogP contribution >= 0.6 is 0 Å². The van der Waals surface area contributed by atoms with Crippen LogP contribution in [0.3, 0.4) is 0 Å². The fourth-order valence-electron chi connectivity index (χ4n) is 7.14. The fourth-order valence-corrected chi connectivity index (χ4v) is 8.50. The van der Waals surface area contributed by atoms with Crippen molar-refractivity contribution >= 4 is 33.8 Å². The molecule has 1 aromatic heterocycles. The van der Waals surface area contributed by atoms with Gasteiger partial charge in [0.1, 0.15) is 29.0 Å².